The summed E-state index contributed by atoms with van der Waals surface area (Å²) in [6.45, 7) is 0. The fourth-order valence-electron chi connectivity index (χ4n) is 7.85. The molecule has 0 amide bonds. The van der Waals surface area contributed by atoms with Crippen molar-refractivity contribution in [2.75, 3.05) is 0 Å². The summed E-state index contributed by atoms with van der Waals surface area (Å²) in [6.07, 6.45) is 7.34. The number of rotatable bonds is 2. The Morgan fingerprint density at radius 2 is 1.09 bits per heavy atom. The summed E-state index contributed by atoms with van der Waals surface area (Å²) in [5.74, 6) is 1.97. The topological polar surface area (TPSA) is 0 Å². The Kier molecular flexibility index (Phi) is 1.90. The van der Waals surface area contributed by atoms with Crippen molar-refractivity contribution in [2.45, 2.75) is 42.9 Å². The Hall–Kier alpha value is -1.56. The van der Waals surface area contributed by atoms with Gasteiger partial charge in [0.1, 0.15) is 0 Å². The normalized spacial score (nSPS) is 46.7. The predicted molar refractivity (Wildman–Crippen MR) is 88.7 cm³/mol. The molecule has 0 nitrogen and oxygen atoms in total. The number of hydrogen-bond acceptors (Lipinski definition) is 0. The molecule has 0 aliphatic heterocycles. The highest BCUT2D eigenvalue weighted by atomic mass is 14.9. The lowest BCUT2D eigenvalue weighted by atomic mass is 9.25. The largest absolute Gasteiger partial charge is 0.0622 e. The standard InChI is InChI=1S/C22H22/c1-3-7-17(8-4-1)20-11-16-12-21(18-9-5-2-6-10-18)15-19(14-20)22(20,21)13-16/h1-10,16,19H,11-15H2. The van der Waals surface area contributed by atoms with Crippen LogP contribution in [-0.2, 0) is 10.8 Å². The summed E-state index contributed by atoms with van der Waals surface area (Å²) >= 11 is 0. The van der Waals surface area contributed by atoms with E-state index in [0.717, 1.165) is 11.8 Å². The molecule has 0 radical (unpaired) electrons. The van der Waals surface area contributed by atoms with E-state index in [4.69, 9.17) is 0 Å². The average molecular weight is 286 g/mol. The van der Waals surface area contributed by atoms with Crippen molar-refractivity contribution in [1.29, 1.82) is 0 Å². The van der Waals surface area contributed by atoms with Gasteiger partial charge >= 0.3 is 0 Å². The molecule has 2 unspecified atom stereocenters. The number of benzene rings is 2. The highest BCUT2D eigenvalue weighted by Crippen LogP contribution is 2.90. The van der Waals surface area contributed by atoms with Crippen molar-refractivity contribution in [3.63, 3.8) is 0 Å². The predicted octanol–water partition coefficient (Wildman–Crippen LogP) is 5.09. The molecule has 6 rings (SSSR count). The molecule has 2 bridgehead atoms. The SMILES string of the molecule is c1ccc(C23CC4CC5(c6ccccc6)CC(C2)C35C4)cc1. The maximum Gasteiger partial charge on any atom is 0.00261 e. The molecule has 0 saturated heterocycles. The smallest absolute Gasteiger partial charge is 0.00261 e. The molecule has 22 heavy (non-hydrogen) atoms. The van der Waals surface area contributed by atoms with Crippen LogP contribution in [0.2, 0.25) is 0 Å². The minimum atomic E-state index is 0.510. The molecule has 4 aliphatic carbocycles. The maximum absolute atomic E-state index is 2.42. The second kappa shape index (κ2) is 3.50. The molecule has 2 atom stereocenters. The first-order valence-corrected chi connectivity index (χ1v) is 8.92. The van der Waals surface area contributed by atoms with Crippen molar-refractivity contribution in [3.8, 4) is 0 Å². The van der Waals surface area contributed by atoms with E-state index in [-0.39, 0.29) is 0 Å². The molecule has 0 N–H and O–H groups in total. The minimum absolute atomic E-state index is 0.510. The monoisotopic (exact) mass is 286 g/mol. The van der Waals surface area contributed by atoms with Crippen LogP contribution in [0.1, 0.15) is 43.2 Å². The minimum Gasteiger partial charge on any atom is -0.0622 e. The van der Waals surface area contributed by atoms with Crippen LogP contribution in [0, 0.1) is 17.3 Å². The molecule has 2 aromatic carbocycles. The molecule has 1 spiro atoms. The van der Waals surface area contributed by atoms with Crippen LogP contribution in [0.4, 0.5) is 0 Å². The molecule has 4 fully saturated rings. The molecule has 0 aromatic heterocycles. The third kappa shape index (κ3) is 0.985. The number of fused-ring (bicyclic) bond motifs is 1. The van der Waals surface area contributed by atoms with Crippen LogP contribution < -0.4 is 0 Å². The van der Waals surface area contributed by atoms with E-state index in [1.165, 1.54) is 32.1 Å². The van der Waals surface area contributed by atoms with Gasteiger partial charge in [0, 0.05) is 10.8 Å². The van der Waals surface area contributed by atoms with Crippen LogP contribution in [-0.4, -0.2) is 0 Å². The first-order chi connectivity index (χ1) is 10.8. The van der Waals surface area contributed by atoms with E-state index in [1.807, 2.05) is 0 Å². The highest BCUT2D eigenvalue weighted by molar-refractivity contribution is 5.52. The molecule has 0 heterocycles. The molecular weight excluding hydrogens is 264 g/mol. The first-order valence-electron chi connectivity index (χ1n) is 8.92. The Labute approximate surface area is 132 Å². The molecule has 110 valence electrons. The van der Waals surface area contributed by atoms with E-state index in [2.05, 4.69) is 60.7 Å². The summed E-state index contributed by atoms with van der Waals surface area (Å²) in [5, 5.41) is 0. The quantitative estimate of drug-likeness (QED) is 0.721. The fourth-order valence-corrected chi connectivity index (χ4v) is 7.85. The third-order valence-corrected chi connectivity index (χ3v) is 8.13. The molecule has 4 saturated carbocycles. The van der Waals surface area contributed by atoms with Crippen LogP contribution in [0.15, 0.2) is 60.7 Å². The Bertz CT molecular complexity index is 687. The van der Waals surface area contributed by atoms with Gasteiger partial charge in [-0.2, -0.15) is 0 Å². The summed E-state index contributed by atoms with van der Waals surface area (Å²) in [6, 6.07) is 23.0. The molecular formula is C22H22. The molecule has 4 aliphatic rings. The van der Waals surface area contributed by atoms with E-state index in [9.17, 15) is 0 Å². The van der Waals surface area contributed by atoms with Crippen molar-refractivity contribution in [3.05, 3.63) is 71.8 Å². The molecule has 2 aromatic rings. The van der Waals surface area contributed by atoms with Gasteiger partial charge < -0.3 is 0 Å². The lowest BCUT2D eigenvalue weighted by Crippen LogP contribution is -2.75. The van der Waals surface area contributed by atoms with Gasteiger partial charge in [-0.25, -0.2) is 0 Å². The van der Waals surface area contributed by atoms with Crippen LogP contribution >= 0.6 is 0 Å². The lowest BCUT2D eigenvalue weighted by molar-refractivity contribution is -0.220. The van der Waals surface area contributed by atoms with E-state index >= 15 is 0 Å². The lowest BCUT2D eigenvalue weighted by Gasteiger charge is -2.78. The second-order valence-corrected chi connectivity index (χ2v) is 8.45. The zero-order valence-corrected chi connectivity index (χ0v) is 13.0. The third-order valence-electron chi connectivity index (χ3n) is 8.13. The van der Waals surface area contributed by atoms with E-state index in [1.54, 1.807) is 11.1 Å². The fraction of sp³-hybridized carbons (Fsp3) is 0.455. The number of hydrogen-bond donors (Lipinski definition) is 0. The Morgan fingerprint density at radius 3 is 1.55 bits per heavy atom. The summed E-state index contributed by atoms with van der Waals surface area (Å²) in [4.78, 5) is 0. The second-order valence-electron chi connectivity index (χ2n) is 8.45. The van der Waals surface area contributed by atoms with Crippen molar-refractivity contribution < 1.29 is 0 Å². The van der Waals surface area contributed by atoms with Gasteiger partial charge in [0.25, 0.3) is 0 Å². The van der Waals surface area contributed by atoms with Gasteiger partial charge in [-0.1, -0.05) is 60.7 Å². The van der Waals surface area contributed by atoms with Gasteiger partial charge in [-0.05, 0) is 60.5 Å². The highest BCUT2D eigenvalue weighted by Gasteiger charge is 2.86. The van der Waals surface area contributed by atoms with E-state index in [0.29, 0.717) is 16.2 Å². The van der Waals surface area contributed by atoms with Crippen LogP contribution in [0.3, 0.4) is 0 Å². The summed E-state index contributed by atoms with van der Waals surface area (Å²) in [7, 11) is 0. The molecule has 0 heteroatoms. The van der Waals surface area contributed by atoms with Crippen molar-refractivity contribution in [2.24, 2.45) is 17.3 Å². The van der Waals surface area contributed by atoms with Gasteiger partial charge in [-0.15, -0.1) is 0 Å². The Balaban J connectivity index is 1.56. The van der Waals surface area contributed by atoms with Gasteiger partial charge in [0.2, 0.25) is 0 Å². The van der Waals surface area contributed by atoms with Crippen LogP contribution in [0.25, 0.3) is 0 Å². The maximum atomic E-state index is 2.42. The van der Waals surface area contributed by atoms with Gasteiger partial charge in [0.15, 0.2) is 0 Å². The van der Waals surface area contributed by atoms with Gasteiger partial charge in [-0.3, -0.25) is 0 Å². The van der Waals surface area contributed by atoms with Gasteiger partial charge in [0.05, 0.1) is 0 Å². The average Bonchev–Trinajstić information content (AvgIpc) is 3.03. The first kappa shape index (κ1) is 11.9. The summed E-state index contributed by atoms with van der Waals surface area (Å²) in [5.41, 5.74) is 4.92. The summed E-state index contributed by atoms with van der Waals surface area (Å²) < 4.78 is 0. The van der Waals surface area contributed by atoms with Crippen molar-refractivity contribution in [1.82, 2.24) is 0 Å². The zero-order chi connectivity index (χ0) is 14.4. The van der Waals surface area contributed by atoms with E-state index < -0.39 is 0 Å². The Morgan fingerprint density at radius 1 is 0.591 bits per heavy atom. The zero-order valence-electron chi connectivity index (χ0n) is 13.0. The van der Waals surface area contributed by atoms with Crippen LogP contribution in [0.5, 0.6) is 0 Å². The van der Waals surface area contributed by atoms with Crippen molar-refractivity contribution >= 4 is 0 Å².